The molecule has 0 aromatic heterocycles. The number of hydrogen-bond donors (Lipinski definition) is 2. The summed E-state index contributed by atoms with van der Waals surface area (Å²) in [5, 5.41) is 12.5. The maximum absolute atomic E-state index is 11.4. The molecule has 112 valence electrons. The second-order valence-electron chi connectivity index (χ2n) is 5.93. The monoisotopic (exact) mass is 295 g/mol. The smallest absolute Gasteiger partial charge is 0.324 e. The molecule has 0 saturated heterocycles. The van der Waals surface area contributed by atoms with Crippen LogP contribution in [0.3, 0.4) is 0 Å². The third-order valence-corrected chi connectivity index (χ3v) is 4.34. The Morgan fingerprint density at radius 1 is 1.30 bits per heavy atom. The Labute approximate surface area is 126 Å². The highest BCUT2D eigenvalue weighted by molar-refractivity contribution is 7.98. The van der Waals surface area contributed by atoms with Gasteiger partial charge in [-0.2, -0.15) is 11.8 Å². The maximum atomic E-state index is 11.4. The number of nitrogens with one attached hydrogen (secondary N) is 1. The molecule has 0 fully saturated rings. The van der Waals surface area contributed by atoms with Crippen LogP contribution in [0.4, 0.5) is 0 Å². The second-order valence-corrected chi connectivity index (χ2v) is 6.91. The van der Waals surface area contributed by atoms with E-state index in [1.807, 2.05) is 13.8 Å². The molecule has 2 N–H and O–H groups in total. The Kier molecular flexibility index (Phi) is 6.08. The Morgan fingerprint density at radius 3 is 2.30 bits per heavy atom. The first-order valence-corrected chi connectivity index (χ1v) is 8.04. The number of hydrogen-bond acceptors (Lipinski definition) is 3. The van der Waals surface area contributed by atoms with Crippen LogP contribution in [0.25, 0.3) is 0 Å². The minimum atomic E-state index is -0.877. The summed E-state index contributed by atoms with van der Waals surface area (Å²) in [5.41, 5.74) is 2.88. The molecule has 0 radical (unpaired) electrons. The van der Waals surface area contributed by atoms with E-state index in [0.717, 1.165) is 5.75 Å². The zero-order valence-electron chi connectivity index (χ0n) is 13.0. The molecular formula is C16H25NO2S. The van der Waals surface area contributed by atoms with E-state index in [0.29, 0.717) is 5.75 Å². The van der Waals surface area contributed by atoms with Gasteiger partial charge in [0.25, 0.3) is 0 Å². The van der Waals surface area contributed by atoms with Crippen LogP contribution in [0.2, 0.25) is 0 Å². The first-order chi connectivity index (χ1) is 9.23. The Bertz CT molecular complexity index is 453. The molecule has 0 heterocycles. The van der Waals surface area contributed by atoms with Crippen molar-refractivity contribution in [3.05, 3.63) is 34.9 Å². The molecule has 0 amide bonds. The van der Waals surface area contributed by atoms with Gasteiger partial charge in [0.2, 0.25) is 0 Å². The average molecular weight is 295 g/mol. The number of aryl methyl sites for hydroxylation is 2. The van der Waals surface area contributed by atoms with E-state index in [-0.39, 0.29) is 6.04 Å². The van der Waals surface area contributed by atoms with E-state index in [1.54, 1.807) is 18.7 Å². The molecule has 1 rings (SSSR count). The van der Waals surface area contributed by atoms with E-state index in [1.165, 1.54) is 16.7 Å². The molecular weight excluding hydrogens is 270 g/mol. The molecule has 0 aliphatic carbocycles. The molecule has 0 saturated carbocycles. The summed E-state index contributed by atoms with van der Waals surface area (Å²) >= 11 is 1.66. The van der Waals surface area contributed by atoms with Crippen molar-refractivity contribution in [1.29, 1.82) is 0 Å². The van der Waals surface area contributed by atoms with E-state index < -0.39 is 11.5 Å². The summed E-state index contributed by atoms with van der Waals surface area (Å²) in [6, 6.07) is 6.62. The molecule has 1 aromatic carbocycles. The molecule has 1 unspecified atom stereocenters. The van der Waals surface area contributed by atoms with Gasteiger partial charge in [-0.25, -0.2) is 0 Å². The number of thioether (sulfide) groups is 1. The van der Waals surface area contributed by atoms with Crippen LogP contribution < -0.4 is 5.32 Å². The van der Waals surface area contributed by atoms with E-state index in [4.69, 9.17) is 0 Å². The SMILES string of the molecule is Cc1cc(C)cc(CSCC(C)(NC(C)C)C(=O)O)c1. The lowest BCUT2D eigenvalue weighted by Crippen LogP contribution is -2.54. The van der Waals surface area contributed by atoms with Gasteiger partial charge in [-0.05, 0) is 40.2 Å². The third kappa shape index (κ3) is 5.17. The average Bonchev–Trinajstić information content (AvgIpc) is 2.26. The van der Waals surface area contributed by atoms with Gasteiger partial charge in [0, 0.05) is 17.5 Å². The molecule has 0 spiro atoms. The minimum Gasteiger partial charge on any atom is -0.480 e. The highest BCUT2D eigenvalue weighted by Crippen LogP contribution is 2.20. The fourth-order valence-electron chi connectivity index (χ4n) is 2.33. The first kappa shape index (κ1) is 17.1. The van der Waals surface area contributed by atoms with Crippen LogP contribution in [0.15, 0.2) is 18.2 Å². The molecule has 3 nitrogen and oxygen atoms in total. The Balaban J connectivity index is 2.62. The molecule has 1 aromatic rings. The number of carbonyl (C=O) groups is 1. The van der Waals surface area contributed by atoms with Crippen LogP contribution in [-0.2, 0) is 10.5 Å². The molecule has 0 bridgehead atoms. The second kappa shape index (κ2) is 7.14. The third-order valence-electron chi connectivity index (χ3n) is 3.02. The summed E-state index contributed by atoms with van der Waals surface area (Å²) in [4.78, 5) is 11.4. The van der Waals surface area contributed by atoms with E-state index >= 15 is 0 Å². The quantitative estimate of drug-likeness (QED) is 0.809. The van der Waals surface area contributed by atoms with E-state index in [2.05, 4.69) is 37.4 Å². The van der Waals surface area contributed by atoms with Gasteiger partial charge >= 0.3 is 5.97 Å². The van der Waals surface area contributed by atoms with Crippen molar-refractivity contribution in [1.82, 2.24) is 5.32 Å². The van der Waals surface area contributed by atoms with Crippen molar-refractivity contribution in [3.8, 4) is 0 Å². The fraction of sp³-hybridized carbons (Fsp3) is 0.562. The van der Waals surface area contributed by atoms with Gasteiger partial charge in [-0.15, -0.1) is 0 Å². The number of carboxylic acids is 1. The standard InChI is InChI=1S/C16H25NO2S/c1-11(2)17-16(5,15(18)19)10-20-9-14-7-12(3)6-13(4)8-14/h6-8,11,17H,9-10H2,1-5H3,(H,18,19). The van der Waals surface area contributed by atoms with Crippen molar-refractivity contribution < 1.29 is 9.90 Å². The molecule has 20 heavy (non-hydrogen) atoms. The normalized spacial score (nSPS) is 14.3. The lowest BCUT2D eigenvalue weighted by Gasteiger charge is -2.28. The Hall–Kier alpha value is -1.00. The molecule has 0 aliphatic heterocycles. The minimum absolute atomic E-state index is 0.151. The topological polar surface area (TPSA) is 49.3 Å². The van der Waals surface area contributed by atoms with Crippen molar-refractivity contribution in [3.63, 3.8) is 0 Å². The van der Waals surface area contributed by atoms with Crippen molar-refractivity contribution >= 4 is 17.7 Å². The summed E-state index contributed by atoms with van der Waals surface area (Å²) < 4.78 is 0. The zero-order valence-corrected chi connectivity index (χ0v) is 13.8. The predicted octanol–water partition coefficient (Wildman–Crippen LogP) is 3.38. The number of benzene rings is 1. The number of aliphatic carboxylic acids is 1. The molecule has 1 atom stereocenters. The van der Waals surface area contributed by atoms with Gasteiger partial charge in [-0.3, -0.25) is 10.1 Å². The summed E-state index contributed by atoms with van der Waals surface area (Å²) in [6.45, 7) is 9.86. The van der Waals surface area contributed by atoms with Crippen LogP contribution in [0.5, 0.6) is 0 Å². The fourth-order valence-corrected chi connectivity index (χ4v) is 3.45. The highest BCUT2D eigenvalue weighted by atomic mass is 32.2. The van der Waals surface area contributed by atoms with Gasteiger partial charge in [-0.1, -0.05) is 29.3 Å². The number of rotatable bonds is 7. The zero-order chi connectivity index (χ0) is 15.3. The van der Waals surface area contributed by atoms with Gasteiger partial charge < -0.3 is 5.11 Å². The lowest BCUT2D eigenvalue weighted by molar-refractivity contribution is -0.143. The lowest BCUT2D eigenvalue weighted by atomic mass is 10.1. The summed E-state index contributed by atoms with van der Waals surface area (Å²) in [7, 11) is 0. The van der Waals surface area contributed by atoms with Crippen molar-refractivity contribution in [2.24, 2.45) is 0 Å². The van der Waals surface area contributed by atoms with Crippen molar-refractivity contribution in [2.45, 2.75) is 52.0 Å². The largest absolute Gasteiger partial charge is 0.480 e. The summed E-state index contributed by atoms with van der Waals surface area (Å²) in [6.07, 6.45) is 0. The van der Waals surface area contributed by atoms with Crippen LogP contribution in [-0.4, -0.2) is 28.4 Å². The highest BCUT2D eigenvalue weighted by Gasteiger charge is 2.33. The van der Waals surface area contributed by atoms with Gasteiger partial charge in [0.05, 0.1) is 0 Å². The van der Waals surface area contributed by atoms with Crippen molar-refractivity contribution in [2.75, 3.05) is 5.75 Å². The van der Waals surface area contributed by atoms with Gasteiger partial charge in [0.1, 0.15) is 5.54 Å². The van der Waals surface area contributed by atoms with Gasteiger partial charge in [0.15, 0.2) is 0 Å². The number of carboxylic acid groups (broad SMARTS) is 1. The first-order valence-electron chi connectivity index (χ1n) is 6.89. The maximum Gasteiger partial charge on any atom is 0.324 e. The van der Waals surface area contributed by atoms with Crippen LogP contribution in [0.1, 0.15) is 37.5 Å². The molecule has 4 heteroatoms. The van der Waals surface area contributed by atoms with E-state index in [9.17, 15) is 9.90 Å². The van der Waals surface area contributed by atoms with Crippen LogP contribution in [0, 0.1) is 13.8 Å². The van der Waals surface area contributed by atoms with Crippen LogP contribution >= 0.6 is 11.8 Å². The predicted molar refractivity (Wildman–Crippen MR) is 86.4 cm³/mol. The summed E-state index contributed by atoms with van der Waals surface area (Å²) in [5.74, 6) is 0.595. The Morgan fingerprint density at radius 2 is 1.85 bits per heavy atom. The molecule has 0 aliphatic rings.